The van der Waals surface area contributed by atoms with E-state index in [1.54, 1.807) is 0 Å². The molecule has 2 heterocycles. The van der Waals surface area contributed by atoms with Gasteiger partial charge in [0.25, 0.3) is 0 Å². The molecule has 0 saturated carbocycles. The lowest BCUT2D eigenvalue weighted by Gasteiger charge is -2.26. The van der Waals surface area contributed by atoms with E-state index >= 15 is 0 Å². The topological polar surface area (TPSA) is 101 Å². The van der Waals surface area contributed by atoms with Gasteiger partial charge in [-0.15, -0.1) is 10.2 Å². The second-order valence-electron chi connectivity index (χ2n) is 6.42. The molecule has 1 aromatic carbocycles. The number of sulfonamides is 1. The number of aromatic nitrogens is 2. The molecule has 0 bridgehead atoms. The van der Waals surface area contributed by atoms with E-state index in [0.29, 0.717) is 37.0 Å². The maximum Gasteiger partial charge on any atom is 0.243 e. The second kappa shape index (κ2) is 8.42. The summed E-state index contributed by atoms with van der Waals surface area (Å²) in [4.78, 5) is 12.5. The van der Waals surface area contributed by atoms with E-state index in [4.69, 9.17) is 4.74 Å². The molecule has 1 aliphatic rings. The smallest absolute Gasteiger partial charge is 0.243 e. The number of morpholine rings is 1. The Kier molecular flexibility index (Phi) is 6.20. The molecule has 0 unspecified atom stereocenters. The van der Waals surface area contributed by atoms with Crippen LogP contribution in [0.4, 0.5) is 5.13 Å². The van der Waals surface area contributed by atoms with Gasteiger partial charge in [-0.3, -0.25) is 4.79 Å². The van der Waals surface area contributed by atoms with Gasteiger partial charge in [-0.1, -0.05) is 25.2 Å². The predicted molar refractivity (Wildman–Crippen MR) is 103 cm³/mol. The van der Waals surface area contributed by atoms with Gasteiger partial charge < -0.3 is 10.1 Å². The van der Waals surface area contributed by atoms with Crippen LogP contribution in [0.1, 0.15) is 35.1 Å². The number of ether oxygens (including phenoxy) is 1. The molecule has 3 rings (SSSR count). The molecule has 1 aromatic heterocycles. The number of ketones is 1. The fourth-order valence-electron chi connectivity index (χ4n) is 2.55. The van der Waals surface area contributed by atoms with E-state index in [0.717, 1.165) is 5.01 Å². The van der Waals surface area contributed by atoms with Crippen molar-refractivity contribution in [3.05, 3.63) is 34.8 Å². The number of nitrogens with one attached hydrogen (secondary N) is 1. The highest BCUT2D eigenvalue weighted by atomic mass is 32.2. The molecular formula is C17H22N4O4S2. The van der Waals surface area contributed by atoms with Crippen molar-refractivity contribution in [2.24, 2.45) is 0 Å². The molecule has 0 spiro atoms. The van der Waals surface area contributed by atoms with Crippen LogP contribution in [0, 0.1) is 0 Å². The molecule has 8 nitrogen and oxygen atoms in total. The standard InChI is InChI=1S/C17H22N4O4S2/c1-12(2)16-19-20-17(26-16)18-11-15(22)13-3-5-14(6-4-13)27(23,24)21-7-9-25-10-8-21/h3-6,12H,7-11H2,1-2H3,(H,18,20). The summed E-state index contributed by atoms with van der Waals surface area (Å²) >= 11 is 1.42. The van der Waals surface area contributed by atoms with Crippen LogP contribution in [-0.2, 0) is 14.8 Å². The van der Waals surface area contributed by atoms with Gasteiger partial charge in [0.1, 0.15) is 5.01 Å². The van der Waals surface area contributed by atoms with Crippen molar-refractivity contribution in [3.63, 3.8) is 0 Å². The molecule has 146 valence electrons. The molecule has 1 aliphatic heterocycles. The highest BCUT2D eigenvalue weighted by molar-refractivity contribution is 7.89. The number of nitrogens with zero attached hydrogens (tertiary/aromatic N) is 3. The van der Waals surface area contributed by atoms with Crippen LogP contribution < -0.4 is 5.32 Å². The van der Waals surface area contributed by atoms with Crippen molar-refractivity contribution in [2.45, 2.75) is 24.7 Å². The first-order valence-electron chi connectivity index (χ1n) is 8.66. The Morgan fingerprint density at radius 1 is 1.22 bits per heavy atom. The minimum Gasteiger partial charge on any atom is -0.379 e. The van der Waals surface area contributed by atoms with Crippen molar-refractivity contribution >= 4 is 32.3 Å². The third-order valence-electron chi connectivity index (χ3n) is 4.12. The summed E-state index contributed by atoms with van der Waals surface area (Å²) in [6, 6.07) is 6.02. The quantitative estimate of drug-likeness (QED) is 0.696. The molecule has 27 heavy (non-hydrogen) atoms. The summed E-state index contributed by atoms with van der Waals surface area (Å²) in [5.74, 6) is 0.140. The summed E-state index contributed by atoms with van der Waals surface area (Å²) in [6.07, 6.45) is 0. The zero-order valence-electron chi connectivity index (χ0n) is 15.2. The molecule has 1 N–H and O–H groups in total. The van der Waals surface area contributed by atoms with E-state index < -0.39 is 10.0 Å². The van der Waals surface area contributed by atoms with Crippen LogP contribution in [-0.4, -0.2) is 61.6 Å². The van der Waals surface area contributed by atoms with Gasteiger partial charge >= 0.3 is 0 Å². The molecule has 0 radical (unpaired) electrons. The van der Waals surface area contributed by atoms with Crippen LogP contribution in [0.15, 0.2) is 29.2 Å². The molecular weight excluding hydrogens is 388 g/mol. The zero-order chi connectivity index (χ0) is 19.4. The first-order valence-corrected chi connectivity index (χ1v) is 10.9. The van der Waals surface area contributed by atoms with E-state index in [1.807, 2.05) is 13.8 Å². The third kappa shape index (κ3) is 4.70. The lowest BCUT2D eigenvalue weighted by atomic mass is 10.1. The third-order valence-corrected chi connectivity index (χ3v) is 7.21. The van der Waals surface area contributed by atoms with Gasteiger partial charge in [0, 0.05) is 24.6 Å². The normalized spacial score (nSPS) is 15.8. The maximum atomic E-state index is 12.6. The van der Waals surface area contributed by atoms with Crippen LogP contribution in [0.5, 0.6) is 0 Å². The van der Waals surface area contributed by atoms with Crippen molar-refractivity contribution < 1.29 is 17.9 Å². The van der Waals surface area contributed by atoms with Crippen molar-refractivity contribution in [1.82, 2.24) is 14.5 Å². The lowest BCUT2D eigenvalue weighted by molar-refractivity contribution is 0.0730. The Hall–Kier alpha value is -1.88. The predicted octanol–water partition coefficient (Wildman–Crippen LogP) is 1.98. The van der Waals surface area contributed by atoms with Crippen LogP contribution >= 0.6 is 11.3 Å². The molecule has 0 aliphatic carbocycles. The number of Topliss-reactive ketones (excluding diaryl/α,β-unsaturated/α-hetero) is 1. The number of hydrogen-bond donors (Lipinski definition) is 1. The van der Waals surface area contributed by atoms with Gasteiger partial charge in [-0.2, -0.15) is 4.31 Å². The minimum absolute atomic E-state index is 0.0717. The van der Waals surface area contributed by atoms with Gasteiger partial charge in [0.2, 0.25) is 15.2 Å². The van der Waals surface area contributed by atoms with Crippen LogP contribution in [0.25, 0.3) is 0 Å². The number of benzene rings is 1. The van der Waals surface area contributed by atoms with Crippen molar-refractivity contribution in [1.29, 1.82) is 0 Å². The maximum absolute atomic E-state index is 12.6. The Morgan fingerprint density at radius 3 is 2.48 bits per heavy atom. The fourth-order valence-corrected chi connectivity index (χ4v) is 4.70. The molecule has 0 amide bonds. The highest BCUT2D eigenvalue weighted by Crippen LogP contribution is 2.22. The number of anilines is 1. The van der Waals surface area contributed by atoms with Crippen LogP contribution in [0.3, 0.4) is 0 Å². The van der Waals surface area contributed by atoms with Crippen LogP contribution in [0.2, 0.25) is 0 Å². The van der Waals surface area contributed by atoms with Gasteiger partial charge in [0.15, 0.2) is 5.78 Å². The summed E-state index contributed by atoms with van der Waals surface area (Å²) in [6.45, 7) is 5.60. The fraction of sp³-hybridized carbons (Fsp3) is 0.471. The summed E-state index contributed by atoms with van der Waals surface area (Å²) in [5, 5.41) is 12.5. The van der Waals surface area contributed by atoms with E-state index in [2.05, 4.69) is 15.5 Å². The van der Waals surface area contributed by atoms with Gasteiger partial charge in [-0.05, 0) is 24.3 Å². The first kappa shape index (κ1) is 19.9. The average molecular weight is 411 g/mol. The van der Waals surface area contributed by atoms with Gasteiger partial charge in [-0.25, -0.2) is 8.42 Å². The Morgan fingerprint density at radius 2 is 1.89 bits per heavy atom. The summed E-state index contributed by atoms with van der Waals surface area (Å²) in [5.41, 5.74) is 0.442. The SMILES string of the molecule is CC(C)c1nnc(NCC(=O)c2ccc(S(=O)(=O)N3CCOCC3)cc2)s1. The molecule has 10 heteroatoms. The molecule has 0 atom stereocenters. The summed E-state index contributed by atoms with van der Waals surface area (Å²) < 4.78 is 31.8. The molecule has 1 fully saturated rings. The lowest BCUT2D eigenvalue weighted by Crippen LogP contribution is -2.40. The van der Waals surface area contributed by atoms with E-state index in [1.165, 1.54) is 39.9 Å². The summed E-state index contributed by atoms with van der Waals surface area (Å²) in [7, 11) is -3.56. The van der Waals surface area contributed by atoms with E-state index in [-0.39, 0.29) is 23.1 Å². The zero-order valence-corrected chi connectivity index (χ0v) is 16.8. The number of hydrogen-bond acceptors (Lipinski definition) is 8. The van der Waals surface area contributed by atoms with E-state index in [9.17, 15) is 13.2 Å². The highest BCUT2D eigenvalue weighted by Gasteiger charge is 2.26. The average Bonchev–Trinajstić information content (AvgIpc) is 3.16. The van der Waals surface area contributed by atoms with Gasteiger partial charge in [0.05, 0.1) is 24.7 Å². The number of carbonyl (C=O) groups is 1. The number of carbonyl (C=O) groups excluding carboxylic acids is 1. The molecule has 2 aromatic rings. The largest absolute Gasteiger partial charge is 0.379 e. The van der Waals surface area contributed by atoms with Crippen molar-refractivity contribution in [3.8, 4) is 0 Å². The Bertz CT molecular complexity index is 888. The Labute approximate surface area is 162 Å². The monoisotopic (exact) mass is 410 g/mol. The molecule has 1 saturated heterocycles. The minimum atomic E-state index is -3.56. The Balaban J connectivity index is 1.62. The first-order chi connectivity index (χ1) is 12.9. The second-order valence-corrected chi connectivity index (χ2v) is 9.36. The number of rotatable bonds is 7. The van der Waals surface area contributed by atoms with Crippen molar-refractivity contribution in [2.75, 3.05) is 38.2 Å².